The van der Waals surface area contributed by atoms with E-state index in [4.69, 9.17) is 5.73 Å². The number of hydrogen-bond acceptors (Lipinski definition) is 6. The number of nitrogens with two attached hydrogens (primary N) is 1. The van der Waals surface area contributed by atoms with Crippen LogP contribution in [-0.4, -0.2) is 30.8 Å². The summed E-state index contributed by atoms with van der Waals surface area (Å²) in [7, 11) is 0. The van der Waals surface area contributed by atoms with Gasteiger partial charge in [0.2, 0.25) is 11.9 Å². The van der Waals surface area contributed by atoms with E-state index in [1.807, 2.05) is 12.1 Å². The Morgan fingerprint density at radius 2 is 2.04 bits per heavy atom. The summed E-state index contributed by atoms with van der Waals surface area (Å²) in [5.74, 6) is 0.520. The molecular weight excluding hydrogens is 332 g/mol. The number of primary amides is 1. The number of nitrogens with one attached hydrogen (secondary N) is 1. The summed E-state index contributed by atoms with van der Waals surface area (Å²) in [6.45, 7) is 1.78. The first-order chi connectivity index (χ1) is 12.5. The van der Waals surface area contributed by atoms with Crippen LogP contribution < -0.4 is 11.1 Å². The maximum absolute atomic E-state index is 12.1. The number of aromatic hydroxyl groups is 1. The van der Waals surface area contributed by atoms with Crippen molar-refractivity contribution in [3.05, 3.63) is 65.6 Å². The van der Waals surface area contributed by atoms with Crippen LogP contribution in [0.2, 0.25) is 0 Å². The van der Waals surface area contributed by atoms with E-state index in [1.165, 1.54) is 0 Å². The summed E-state index contributed by atoms with van der Waals surface area (Å²) in [5, 5.41) is 17.4. The molecule has 130 valence electrons. The average molecular weight is 348 g/mol. The van der Waals surface area contributed by atoms with Gasteiger partial charge in [0.1, 0.15) is 11.8 Å². The Morgan fingerprint density at radius 1 is 1.27 bits per heavy atom. The van der Waals surface area contributed by atoms with Crippen molar-refractivity contribution in [2.75, 3.05) is 5.32 Å². The fourth-order valence-electron chi connectivity index (χ4n) is 3.09. The maximum Gasteiger partial charge on any atom is 0.248 e. The zero-order chi connectivity index (χ0) is 18.3. The molecule has 0 bridgehead atoms. The van der Waals surface area contributed by atoms with Gasteiger partial charge in [0.15, 0.2) is 5.82 Å². The highest BCUT2D eigenvalue weighted by Gasteiger charge is 2.33. The van der Waals surface area contributed by atoms with Gasteiger partial charge in [-0.05, 0) is 36.8 Å². The zero-order valence-corrected chi connectivity index (χ0v) is 13.9. The van der Waals surface area contributed by atoms with Crippen LogP contribution in [-0.2, 0) is 4.79 Å². The second-order valence-corrected chi connectivity index (χ2v) is 5.96. The van der Waals surface area contributed by atoms with E-state index in [0.717, 1.165) is 5.56 Å². The number of anilines is 1. The smallest absolute Gasteiger partial charge is 0.248 e. The van der Waals surface area contributed by atoms with Gasteiger partial charge in [0, 0.05) is 23.7 Å². The molecule has 2 aromatic heterocycles. The van der Waals surface area contributed by atoms with Gasteiger partial charge < -0.3 is 16.2 Å². The fraction of sp³-hybridized carbons (Fsp3) is 0.111. The van der Waals surface area contributed by atoms with Gasteiger partial charge in [-0.25, -0.2) is 4.68 Å². The van der Waals surface area contributed by atoms with Crippen LogP contribution in [0.25, 0.3) is 11.4 Å². The Hall–Kier alpha value is -3.68. The molecule has 0 radical (unpaired) electrons. The van der Waals surface area contributed by atoms with Gasteiger partial charge in [-0.2, -0.15) is 4.98 Å². The molecule has 1 aliphatic rings. The van der Waals surface area contributed by atoms with Crippen molar-refractivity contribution in [1.82, 2.24) is 19.7 Å². The normalized spacial score (nSPS) is 16.1. The number of fused-ring (bicyclic) bond motifs is 1. The number of allylic oxidation sites excluding steroid dienone is 1. The lowest BCUT2D eigenvalue weighted by atomic mass is 9.96. The van der Waals surface area contributed by atoms with Crippen LogP contribution in [0.1, 0.15) is 18.5 Å². The molecule has 1 atom stereocenters. The zero-order valence-electron chi connectivity index (χ0n) is 13.9. The lowest BCUT2D eigenvalue weighted by Gasteiger charge is -2.27. The molecular formula is C18H16N6O2. The molecule has 1 aliphatic heterocycles. The number of hydrogen-bond donors (Lipinski definition) is 3. The van der Waals surface area contributed by atoms with Gasteiger partial charge in [-0.3, -0.25) is 9.78 Å². The van der Waals surface area contributed by atoms with E-state index in [0.29, 0.717) is 28.6 Å². The number of benzene rings is 1. The maximum atomic E-state index is 12.1. The third-order valence-corrected chi connectivity index (χ3v) is 4.24. The van der Waals surface area contributed by atoms with Crippen molar-refractivity contribution in [3.8, 4) is 17.1 Å². The minimum absolute atomic E-state index is 0.126. The molecule has 8 heteroatoms. The molecule has 8 nitrogen and oxygen atoms in total. The second kappa shape index (κ2) is 5.99. The number of rotatable bonds is 3. The molecule has 0 saturated carbocycles. The highest BCUT2D eigenvalue weighted by molar-refractivity contribution is 5.95. The lowest BCUT2D eigenvalue weighted by molar-refractivity contribution is -0.115. The van der Waals surface area contributed by atoms with Crippen molar-refractivity contribution >= 4 is 11.9 Å². The van der Waals surface area contributed by atoms with Crippen molar-refractivity contribution in [3.63, 3.8) is 0 Å². The summed E-state index contributed by atoms with van der Waals surface area (Å²) in [4.78, 5) is 20.6. The van der Waals surface area contributed by atoms with Crippen molar-refractivity contribution in [2.45, 2.75) is 13.0 Å². The first kappa shape index (κ1) is 15.8. The molecule has 4 N–H and O–H groups in total. The number of nitrogens with zero attached hydrogens (tertiary/aromatic N) is 4. The van der Waals surface area contributed by atoms with Crippen LogP contribution in [0.3, 0.4) is 0 Å². The SMILES string of the molecule is CC1=C(C(N)=O)C(c2ccncc2)n2nc(-c3cccc(O)c3)nc2N1. The first-order valence-electron chi connectivity index (χ1n) is 7.98. The predicted molar refractivity (Wildman–Crippen MR) is 95.0 cm³/mol. The summed E-state index contributed by atoms with van der Waals surface area (Å²) in [6, 6.07) is 9.80. The van der Waals surface area contributed by atoms with Crippen LogP contribution in [0.4, 0.5) is 5.95 Å². The summed E-state index contributed by atoms with van der Waals surface area (Å²) >= 11 is 0. The van der Waals surface area contributed by atoms with Gasteiger partial charge in [0.25, 0.3) is 0 Å². The Labute approximate surface area is 149 Å². The van der Waals surface area contributed by atoms with Crippen LogP contribution in [0.5, 0.6) is 5.75 Å². The number of carbonyl (C=O) groups is 1. The molecule has 3 heterocycles. The first-order valence-corrected chi connectivity index (χ1v) is 7.98. The summed E-state index contributed by atoms with van der Waals surface area (Å²) in [5.41, 5.74) is 8.16. The largest absolute Gasteiger partial charge is 0.508 e. The predicted octanol–water partition coefficient (Wildman–Crippen LogP) is 1.82. The highest BCUT2D eigenvalue weighted by atomic mass is 16.3. The Balaban J connectivity index is 1.89. The topological polar surface area (TPSA) is 119 Å². The molecule has 1 amide bonds. The molecule has 4 rings (SSSR count). The Morgan fingerprint density at radius 3 is 2.73 bits per heavy atom. The number of amides is 1. The van der Waals surface area contributed by atoms with E-state index in [9.17, 15) is 9.90 Å². The monoisotopic (exact) mass is 348 g/mol. The van der Waals surface area contributed by atoms with Gasteiger partial charge in [0.05, 0.1) is 5.57 Å². The molecule has 1 aromatic carbocycles. The average Bonchev–Trinajstić information content (AvgIpc) is 3.04. The Bertz CT molecular complexity index is 1030. The number of phenols is 1. The molecule has 0 saturated heterocycles. The number of pyridine rings is 1. The van der Waals surface area contributed by atoms with E-state index in [-0.39, 0.29) is 5.75 Å². The van der Waals surface area contributed by atoms with E-state index < -0.39 is 11.9 Å². The second-order valence-electron chi connectivity index (χ2n) is 5.96. The highest BCUT2D eigenvalue weighted by Crippen LogP contribution is 2.35. The number of phenolic OH excluding ortho intramolecular Hbond substituents is 1. The minimum atomic E-state index is -0.531. The van der Waals surface area contributed by atoms with Crippen molar-refractivity contribution in [2.24, 2.45) is 5.73 Å². The minimum Gasteiger partial charge on any atom is -0.508 e. The summed E-state index contributed by atoms with van der Waals surface area (Å²) < 4.78 is 1.63. The fourth-order valence-corrected chi connectivity index (χ4v) is 3.09. The molecule has 0 aliphatic carbocycles. The van der Waals surface area contributed by atoms with Crippen LogP contribution >= 0.6 is 0 Å². The standard InChI is InChI=1S/C18H16N6O2/c1-10-14(16(19)26)15(11-5-7-20-8-6-11)24-18(21-10)22-17(23-24)12-3-2-4-13(25)9-12/h2-9,15,25H,1H3,(H2,19,26)(H,21,22,23). The molecule has 26 heavy (non-hydrogen) atoms. The van der Waals surface area contributed by atoms with Gasteiger partial charge in [-0.1, -0.05) is 12.1 Å². The van der Waals surface area contributed by atoms with Gasteiger partial charge >= 0.3 is 0 Å². The molecule has 3 aromatic rings. The van der Waals surface area contributed by atoms with Crippen molar-refractivity contribution < 1.29 is 9.90 Å². The van der Waals surface area contributed by atoms with Crippen molar-refractivity contribution in [1.29, 1.82) is 0 Å². The lowest BCUT2D eigenvalue weighted by Crippen LogP contribution is -2.31. The molecule has 1 unspecified atom stereocenters. The molecule has 0 fully saturated rings. The van der Waals surface area contributed by atoms with E-state index in [2.05, 4.69) is 20.4 Å². The third kappa shape index (κ3) is 2.57. The quantitative estimate of drug-likeness (QED) is 0.664. The molecule has 0 spiro atoms. The van der Waals surface area contributed by atoms with Crippen LogP contribution in [0.15, 0.2) is 60.1 Å². The summed E-state index contributed by atoms with van der Waals surface area (Å²) in [6.07, 6.45) is 3.30. The van der Waals surface area contributed by atoms with Gasteiger partial charge in [-0.15, -0.1) is 5.10 Å². The van der Waals surface area contributed by atoms with Crippen LogP contribution in [0, 0.1) is 0 Å². The number of aromatic nitrogens is 4. The van der Waals surface area contributed by atoms with E-state index >= 15 is 0 Å². The van der Waals surface area contributed by atoms with E-state index in [1.54, 1.807) is 48.3 Å². The Kier molecular flexibility index (Phi) is 3.65. The number of carbonyl (C=O) groups excluding carboxylic acids is 1. The third-order valence-electron chi connectivity index (χ3n) is 4.24.